The lowest BCUT2D eigenvalue weighted by Crippen LogP contribution is -1.94. The zero-order chi connectivity index (χ0) is 11.5. The Hall–Kier alpha value is -1.19. The van der Waals surface area contributed by atoms with Crippen LogP contribution in [0.25, 0.3) is 11.3 Å². The molecule has 0 saturated carbocycles. The highest BCUT2D eigenvalue weighted by molar-refractivity contribution is 7.12. The van der Waals surface area contributed by atoms with E-state index in [4.69, 9.17) is 11.6 Å². The predicted molar refractivity (Wildman–Crippen MR) is 67.2 cm³/mol. The van der Waals surface area contributed by atoms with Crippen molar-refractivity contribution < 1.29 is 4.79 Å². The van der Waals surface area contributed by atoms with Gasteiger partial charge in [0.2, 0.25) is 0 Å². The molecule has 0 aliphatic carbocycles. The first kappa shape index (κ1) is 11.3. The first-order valence-electron chi connectivity index (χ1n) is 4.95. The monoisotopic (exact) mass is 251 g/mol. The van der Waals surface area contributed by atoms with Crippen LogP contribution in [-0.4, -0.2) is 10.8 Å². The van der Waals surface area contributed by atoms with Crippen molar-refractivity contribution in [3.8, 4) is 11.3 Å². The number of hydrogen-bond donors (Lipinski definition) is 0. The molecule has 2 nitrogen and oxygen atoms in total. The second-order valence-corrected chi connectivity index (χ2v) is 4.62. The average molecular weight is 252 g/mol. The van der Waals surface area contributed by atoms with Crippen molar-refractivity contribution in [2.75, 3.05) is 0 Å². The van der Waals surface area contributed by atoms with Gasteiger partial charge < -0.3 is 0 Å². The Bertz CT molecular complexity index is 504. The molecule has 82 valence electrons. The lowest BCUT2D eigenvalue weighted by Gasteiger charge is -1.95. The topological polar surface area (TPSA) is 30.0 Å². The van der Waals surface area contributed by atoms with Crippen molar-refractivity contribution in [1.29, 1.82) is 0 Å². The molecule has 0 saturated heterocycles. The fraction of sp³-hybridized carbons (Fsp3) is 0.167. The molecule has 1 aromatic heterocycles. The van der Waals surface area contributed by atoms with Gasteiger partial charge in [-0.15, -0.1) is 11.3 Å². The molecule has 1 heterocycles. The lowest BCUT2D eigenvalue weighted by atomic mass is 10.2. The second kappa shape index (κ2) is 4.76. The molecule has 4 heteroatoms. The third-order valence-electron chi connectivity index (χ3n) is 2.20. The number of nitrogens with zero attached hydrogens (tertiary/aromatic N) is 1. The van der Waals surface area contributed by atoms with Crippen LogP contribution in [0.4, 0.5) is 0 Å². The number of rotatable bonds is 3. The minimum Gasteiger partial charge on any atom is -0.292 e. The molecule has 0 spiro atoms. The number of hydrogen-bond acceptors (Lipinski definition) is 3. The van der Waals surface area contributed by atoms with Gasteiger partial charge in [-0.2, -0.15) is 0 Å². The summed E-state index contributed by atoms with van der Waals surface area (Å²) in [7, 11) is 0. The summed E-state index contributed by atoms with van der Waals surface area (Å²) < 4.78 is 0. The summed E-state index contributed by atoms with van der Waals surface area (Å²) in [6.07, 6.45) is 0.494. The van der Waals surface area contributed by atoms with Crippen LogP contribution in [0.1, 0.15) is 23.1 Å². The zero-order valence-corrected chi connectivity index (χ0v) is 10.3. The number of carbonyl (C=O) groups excluding carboxylic acids is 1. The molecule has 0 N–H and O–H groups in total. The van der Waals surface area contributed by atoms with E-state index in [-0.39, 0.29) is 5.78 Å². The number of halogens is 1. The van der Waals surface area contributed by atoms with Crippen molar-refractivity contribution in [1.82, 2.24) is 4.98 Å². The fourth-order valence-electron chi connectivity index (χ4n) is 1.31. The Morgan fingerprint density at radius 2 is 2.06 bits per heavy atom. The van der Waals surface area contributed by atoms with Gasteiger partial charge in [0.1, 0.15) is 0 Å². The molecule has 2 aromatic rings. The van der Waals surface area contributed by atoms with Gasteiger partial charge in [-0.3, -0.25) is 4.79 Å². The molecular formula is C12H10ClNOS. The maximum absolute atomic E-state index is 11.4. The van der Waals surface area contributed by atoms with E-state index in [0.717, 1.165) is 11.3 Å². The van der Waals surface area contributed by atoms with Crippen LogP contribution in [0, 0.1) is 0 Å². The zero-order valence-electron chi connectivity index (χ0n) is 8.74. The molecule has 0 aliphatic heterocycles. The number of Topliss-reactive ketones (excluding diaryl/α,β-unsaturated/α-hetero) is 1. The normalized spacial score (nSPS) is 10.4. The van der Waals surface area contributed by atoms with Gasteiger partial charge in [-0.1, -0.05) is 30.7 Å². The molecule has 0 atom stereocenters. The summed E-state index contributed by atoms with van der Waals surface area (Å²) in [5, 5.41) is 3.17. The Labute approximate surface area is 103 Å². The molecule has 1 aromatic carbocycles. The molecule has 0 unspecified atom stereocenters. The minimum absolute atomic E-state index is 0.0882. The maximum Gasteiger partial charge on any atom is 0.191 e. The lowest BCUT2D eigenvalue weighted by molar-refractivity contribution is 0.0988. The Morgan fingerprint density at radius 3 is 2.69 bits per heavy atom. The van der Waals surface area contributed by atoms with Crippen LogP contribution in [0.2, 0.25) is 5.02 Å². The highest BCUT2D eigenvalue weighted by Crippen LogP contribution is 2.23. The van der Waals surface area contributed by atoms with Crippen molar-refractivity contribution >= 4 is 28.7 Å². The molecular weight excluding hydrogens is 242 g/mol. The van der Waals surface area contributed by atoms with Crippen molar-refractivity contribution in [2.24, 2.45) is 0 Å². The van der Waals surface area contributed by atoms with Crippen LogP contribution in [0.15, 0.2) is 29.6 Å². The summed E-state index contributed by atoms with van der Waals surface area (Å²) in [4.78, 5) is 15.7. The fourth-order valence-corrected chi connectivity index (χ4v) is 2.27. The molecule has 2 rings (SSSR count). The van der Waals surface area contributed by atoms with E-state index in [9.17, 15) is 4.79 Å². The SMILES string of the molecule is CCC(=O)c1nc(-c2ccc(Cl)cc2)cs1. The Morgan fingerprint density at radius 1 is 1.38 bits per heavy atom. The molecule has 0 bridgehead atoms. The summed E-state index contributed by atoms with van der Waals surface area (Å²) in [6, 6.07) is 7.43. The maximum atomic E-state index is 11.4. The van der Waals surface area contributed by atoms with E-state index in [1.54, 1.807) is 0 Å². The van der Waals surface area contributed by atoms with Crippen molar-refractivity contribution in [2.45, 2.75) is 13.3 Å². The Balaban J connectivity index is 2.31. The largest absolute Gasteiger partial charge is 0.292 e. The minimum atomic E-state index is 0.0882. The summed E-state index contributed by atoms with van der Waals surface area (Å²) >= 11 is 7.19. The standard InChI is InChI=1S/C12H10ClNOS/c1-2-11(15)12-14-10(7-16-12)8-3-5-9(13)6-4-8/h3-7H,2H2,1H3. The summed E-state index contributed by atoms with van der Waals surface area (Å²) in [5.41, 5.74) is 1.81. The number of thiazole rings is 1. The van der Waals surface area contributed by atoms with E-state index in [2.05, 4.69) is 4.98 Å². The third-order valence-corrected chi connectivity index (χ3v) is 3.34. The van der Waals surface area contributed by atoms with E-state index in [1.165, 1.54) is 11.3 Å². The smallest absolute Gasteiger partial charge is 0.191 e. The summed E-state index contributed by atoms with van der Waals surface area (Å²) in [5.74, 6) is 0.0882. The second-order valence-electron chi connectivity index (χ2n) is 3.32. The van der Waals surface area contributed by atoms with Crippen LogP contribution < -0.4 is 0 Å². The molecule has 16 heavy (non-hydrogen) atoms. The first-order valence-corrected chi connectivity index (χ1v) is 6.21. The molecule has 0 fully saturated rings. The highest BCUT2D eigenvalue weighted by atomic mass is 35.5. The average Bonchev–Trinajstić information content (AvgIpc) is 2.78. The van der Waals surface area contributed by atoms with Gasteiger partial charge in [0.05, 0.1) is 5.69 Å². The van der Waals surface area contributed by atoms with Gasteiger partial charge in [-0.05, 0) is 12.1 Å². The van der Waals surface area contributed by atoms with Gasteiger partial charge >= 0.3 is 0 Å². The number of benzene rings is 1. The molecule has 0 radical (unpaired) electrons. The van der Waals surface area contributed by atoms with Crippen LogP contribution >= 0.6 is 22.9 Å². The van der Waals surface area contributed by atoms with E-state index in [0.29, 0.717) is 16.5 Å². The molecule has 0 amide bonds. The van der Waals surface area contributed by atoms with Crippen molar-refractivity contribution in [3.63, 3.8) is 0 Å². The Kier molecular flexibility index (Phi) is 3.36. The van der Waals surface area contributed by atoms with E-state index >= 15 is 0 Å². The van der Waals surface area contributed by atoms with Gasteiger partial charge in [-0.25, -0.2) is 4.98 Å². The van der Waals surface area contributed by atoms with Crippen LogP contribution in [-0.2, 0) is 0 Å². The van der Waals surface area contributed by atoms with Gasteiger partial charge in [0.15, 0.2) is 10.8 Å². The van der Waals surface area contributed by atoms with E-state index in [1.807, 2.05) is 36.6 Å². The van der Waals surface area contributed by atoms with E-state index < -0.39 is 0 Å². The highest BCUT2D eigenvalue weighted by Gasteiger charge is 2.09. The predicted octanol–water partition coefficient (Wildman–Crippen LogP) is 4.06. The quantitative estimate of drug-likeness (QED) is 0.770. The third kappa shape index (κ3) is 2.31. The van der Waals surface area contributed by atoms with Gasteiger partial charge in [0.25, 0.3) is 0 Å². The number of aromatic nitrogens is 1. The van der Waals surface area contributed by atoms with Crippen LogP contribution in [0.3, 0.4) is 0 Å². The number of ketones is 1. The number of carbonyl (C=O) groups is 1. The van der Waals surface area contributed by atoms with Crippen molar-refractivity contribution in [3.05, 3.63) is 39.7 Å². The first-order chi connectivity index (χ1) is 7.70. The molecule has 0 aliphatic rings. The summed E-state index contributed by atoms with van der Waals surface area (Å²) in [6.45, 7) is 1.84. The van der Waals surface area contributed by atoms with Gasteiger partial charge in [0, 0.05) is 22.4 Å². The van der Waals surface area contributed by atoms with Crippen LogP contribution in [0.5, 0.6) is 0 Å².